The Morgan fingerprint density at radius 1 is 1.05 bits per heavy atom. The Bertz CT molecular complexity index is 753. The number of hydrogen-bond donors (Lipinski definition) is 1. The van der Waals surface area contributed by atoms with Gasteiger partial charge in [0.1, 0.15) is 0 Å². The van der Waals surface area contributed by atoms with Crippen molar-refractivity contribution in [3.63, 3.8) is 0 Å². The van der Waals surface area contributed by atoms with Gasteiger partial charge in [-0.1, -0.05) is 55.5 Å². The number of hydrogen-bond acceptors (Lipinski definition) is 3. The number of sulfone groups is 1. The third-order valence-electron chi connectivity index (χ3n) is 4.53. The zero-order valence-corrected chi connectivity index (χ0v) is 13.3. The third-order valence-corrected chi connectivity index (χ3v) is 6.44. The topological polar surface area (TPSA) is 54.4 Å². The van der Waals surface area contributed by atoms with E-state index in [4.69, 9.17) is 0 Å². The molecule has 0 aromatic heterocycles. The van der Waals surface area contributed by atoms with Crippen LogP contribution in [0.1, 0.15) is 30.4 Å². The first kappa shape index (κ1) is 15.3. The van der Waals surface area contributed by atoms with Crippen LogP contribution in [0.25, 0.3) is 0 Å². The summed E-state index contributed by atoms with van der Waals surface area (Å²) in [6, 6.07) is 16.7. The summed E-state index contributed by atoms with van der Waals surface area (Å²) in [5.41, 5.74) is 1.66. The van der Waals surface area contributed by atoms with Gasteiger partial charge in [-0.15, -0.1) is 0 Å². The molecule has 1 aliphatic rings. The van der Waals surface area contributed by atoms with E-state index in [9.17, 15) is 13.5 Å². The van der Waals surface area contributed by atoms with Crippen LogP contribution >= 0.6 is 0 Å². The molecule has 3 atom stereocenters. The molecule has 0 saturated carbocycles. The van der Waals surface area contributed by atoms with E-state index in [1.165, 1.54) is 0 Å². The molecule has 0 bridgehead atoms. The van der Waals surface area contributed by atoms with Gasteiger partial charge in [0.2, 0.25) is 0 Å². The van der Waals surface area contributed by atoms with Gasteiger partial charge in [-0.05, 0) is 29.5 Å². The zero-order valence-electron chi connectivity index (χ0n) is 12.5. The molecule has 0 fully saturated rings. The van der Waals surface area contributed by atoms with Crippen LogP contribution in [0.3, 0.4) is 0 Å². The fraction of sp³-hybridized carbons (Fsp3) is 0.333. The van der Waals surface area contributed by atoms with E-state index in [1.807, 2.05) is 49.4 Å². The Morgan fingerprint density at radius 3 is 2.36 bits per heavy atom. The van der Waals surface area contributed by atoms with Crippen molar-refractivity contribution in [2.24, 2.45) is 5.92 Å². The molecule has 0 radical (unpaired) electrons. The lowest BCUT2D eigenvalue weighted by atomic mass is 9.81. The lowest BCUT2D eigenvalue weighted by Gasteiger charge is -2.27. The molecular formula is C18H20O3S. The van der Waals surface area contributed by atoms with Crippen LogP contribution in [0.4, 0.5) is 0 Å². The summed E-state index contributed by atoms with van der Waals surface area (Å²) >= 11 is 0. The molecule has 0 spiro atoms. The molecule has 1 N–H and O–H groups in total. The summed E-state index contributed by atoms with van der Waals surface area (Å²) in [5, 5.41) is 10.9. The summed E-state index contributed by atoms with van der Waals surface area (Å²) in [6.07, 6.45) is -0.0663. The fourth-order valence-corrected chi connectivity index (χ4v) is 5.36. The molecule has 0 amide bonds. The number of benzene rings is 2. The molecule has 2 aromatic rings. The minimum absolute atomic E-state index is 0.00497. The highest BCUT2D eigenvalue weighted by atomic mass is 32.2. The first-order valence-electron chi connectivity index (χ1n) is 7.59. The van der Waals surface area contributed by atoms with Crippen LogP contribution in [0.2, 0.25) is 0 Å². The first-order valence-corrected chi connectivity index (χ1v) is 9.24. The predicted molar refractivity (Wildman–Crippen MR) is 86.6 cm³/mol. The molecule has 22 heavy (non-hydrogen) atoms. The standard InChI is InChI=1S/C18H20O3S/c1-2-13-12-22(20,21)16-11-7-6-10-15(16)17(18(13)19)14-8-4-3-5-9-14/h3-11,13,17-19H,2,12H2,1H3. The van der Waals surface area contributed by atoms with Crippen LogP contribution in [0.5, 0.6) is 0 Å². The van der Waals surface area contributed by atoms with Gasteiger partial charge in [0.15, 0.2) is 9.84 Å². The summed E-state index contributed by atoms with van der Waals surface area (Å²) in [5.74, 6) is -0.562. The van der Waals surface area contributed by atoms with E-state index in [-0.39, 0.29) is 17.6 Å². The van der Waals surface area contributed by atoms with E-state index in [2.05, 4.69) is 0 Å². The Labute approximate surface area is 131 Å². The second-order valence-electron chi connectivity index (χ2n) is 5.87. The van der Waals surface area contributed by atoms with Crippen LogP contribution in [0, 0.1) is 5.92 Å². The number of rotatable bonds is 2. The van der Waals surface area contributed by atoms with Crippen molar-refractivity contribution >= 4 is 9.84 Å². The van der Waals surface area contributed by atoms with Gasteiger partial charge in [-0.25, -0.2) is 8.42 Å². The van der Waals surface area contributed by atoms with Crippen LogP contribution in [-0.4, -0.2) is 25.4 Å². The zero-order chi connectivity index (χ0) is 15.7. The van der Waals surface area contributed by atoms with Crippen molar-refractivity contribution in [2.45, 2.75) is 30.3 Å². The molecule has 3 rings (SSSR count). The van der Waals surface area contributed by atoms with Gasteiger partial charge < -0.3 is 5.11 Å². The van der Waals surface area contributed by atoms with E-state index in [1.54, 1.807) is 12.1 Å². The van der Waals surface area contributed by atoms with Gasteiger partial charge in [0, 0.05) is 5.92 Å². The molecule has 4 heteroatoms. The summed E-state index contributed by atoms with van der Waals surface area (Å²) in [7, 11) is -3.37. The number of aliphatic hydroxyl groups is 1. The Kier molecular flexibility index (Phi) is 4.06. The molecule has 3 nitrogen and oxygen atoms in total. The second kappa shape index (κ2) is 5.86. The molecule has 3 unspecified atom stereocenters. The maximum absolute atomic E-state index is 12.7. The smallest absolute Gasteiger partial charge is 0.179 e. The van der Waals surface area contributed by atoms with Gasteiger partial charge in [-0.2, -0.15) is 0 Å². The molecule has 116 valence electrons. The average molecular weight is 316 g/mol. The van der Waals surface area contributed by atoms with Crippen molar-refractivity contribution in [2.75, 3.05) is 5.75 Å². The summed E-state index contributed by atoms with van der Waals surface area (Å²) in [4.78, 5) is 0.360. The normalized spacial score (nSPS) is 26.9. The maximum atomic E-state index is 12.7. The van der Waals surface area contributed by atoms with Crippen molar-refractivity contribution in [1.82, 2.24) is 0 Å². The highest BCUT2D eigenvalue weighted by Crippen LogP contribution is 2.40. The largest absolute Gasteiger partial charge is 0.392 e. The molecular weight excluding hydrogens is 296 g/mol. The first-order chi connectivity index (χ1) is 10.5. The molecule has 1 aliphatic heterocycles. The highest BCUT2D eigenvalue weighted by molar-refractivity contribution is 7.91. The molecule has 0 saturated heterocycles. The lowest BCUT2D eigenvalue weighted by molar-refractivity contribution is 0.100. The average Bonchev–Trinajstić information content (AvgIpc) is 2.62. The second-order valence-corrected chi connectivity index (χ2v) is 7.87. The van der Waals surface area contributed by atoms with Crippen molar-refractivity contribution in [3.05, 3.63) is 65.7 Å². The van der Waals surface area contributed by atoms with E-state index < -0.39 is 15.9 Å². The van der Waals surface area contributed by atoms with Crippen molar-refractivity contribution in [3.8, 4) is 0 Å². The van der Waals surface area contributed by atoms with Crippen molar-refractivity contribution in [1.29, 1.82) is 0 Å². The van der Waals surface area contributed by atoms with E-state index in [0.29, 0.717) is 16.9 Å². The van der Waals surface area contributed by atoms with Gasteiger partial charge in [-0.3, -0.25) is 0 Å². The predicted octanol–water partition coefficient (Wildman–Crippen LogP) is 2.99. The maximum Gasteiger partial charge on any atom is 0.179 e. The number of fused-ring (bicyclic) bond motifs is 1. The van der Waals surface area contributed by atoms with Crippen molar-refractivity contribution < 1.29 is 13.5 Å². The Morgan fingerprint density at radius 2 is 1.68 bits per heavy atom. The van der Waals surface area contributed by atoms with Crippen LogP contribution in [0.15, 0.2) is 59.5 Å². The Hall–Kier alpha value is -1.65. The quantitative estimate of drug-likeness (QED) is 0.926. The van der Waals surface area contributed by atoms with Gasteiger partial charge >= 0.3 is 0 Å². The van der Waals surface area contributed by atoms with E-state index >= 15 is 0 Å². The minimum Gasteiger partial charge on any atom is -0.392 e. The SMILES string of the molecule is CCC1CS(=O)(=O)c2ccccc2C(c2ccccc2)C1O. The summed E-state index contributed by atoms with van der Waals surface area (Å²) in [6.45, 7) is 1.93. The fourth-order valence-electron chi connectivity index (χ4n) is 3.34. The molecule has 0 aliphatic carbocycles. The highest BCUT2D eigenvalue weighted by Gasteiger charge is 2.39. The van der Waals surface area contributed by atoms with Gasteiger partial charge in [0.25, 0.3) is 0 Å². The minimum atomic E-state index is -3.37. The Balaban J connectivity index is 2.25. The molecule has 2 aromatic carbocycles. The van der Waals surface area contributed by atoms with E-state index in [0.717, 1.165) is 5.56 Å². The third kappa shape index (κ3) is 2.57. The van der Waals surface area contributed by atoms with Crippen LogP contribution in [-0.2, 0) is 9.84 Å². The molecule has 1 heterocycles. The number of aliphatic hydroxyl groups excluding tert-OH is 1. The van der Waals surface area contributed by atoms with Crippen LogP contribution < -0.4 is 0 Å². The lowest BCUT2D eigenvalue weighted by Crippen LogP contribution is -2.29. The summed E-state index contributed by atoms with van der Waals surface area (Å²) < 4.78 is 25.3. The monoisotopic (exact) mass is 316 g/mol. The van der Waals surface area contributed by atoms with Gasteiger partial charge in [0.05, 0.1) is 16.8 Å².